The van der Waals surface area contributed by atoms with Crippen LogP contribution < -0.4 is 0 Å². The third kappa shape index (κ3) is 79.6. The van der Waals surface area contributed by atoms with Crippen molar-refractivity contribution in [2.45, 2.75) is 27.7 Å². The largest absolute Gasteiger partial charge is 0.394 e. The number of aliphatic hydroxyl groups excluding tert-OH is 4. The SMILES string of the molecule is CCOCCO.CCOCCO.CCOCCO.CCOCCO.[Ti]. The van der Waals surface area contributed by atoms with Crippen LogP contribution in [-0.4, -0.2) is 99.7 Å². The van der Waals surface area contributed by atoms with Gasteiger partial charge in [-0.1, -0.05) is 0 Å². The van der Waals surface area contributed by atoms with Crippen LogP contribution in [0.15, 0.2) is 0 Å². The van der Waals surface area contributed by atoms with Crippen molar-refractivity contribution in [2.24, 2.45) is 0 Å². The van der Waals surface area contributed by atoms with Crippen molar-refractivity contribution < 1.29 is 61.1 Å². The average molecular weight is 408 g/mol. The molecule has 9 heteroatoms. The van der Waals surface area contributed by atoms with Crippen molar-refractivity contribution in [2.75, 3.05) is 79.3 Å². The molecule has 0 saturated heterocycles. The van der Waals surface area contributed by atoms with Gasteiger partial charge in [-0.15, -0.1) is 0 Å². The number of ether oxygens (including phenoxy) is 4. The summed E-state index contributed by atoms with van der Waals surface area (Å²) in [5.74, 6) is 0. The summed E-state index contributed by atoms with van der Waals surface area (Å²) in [6, 6.07) is 0. The van der Waals surface area contributed by atoms with Crippen molar-refractivity contribution in [3.8, 4) is 0 Å². The van der Waals surface area contributed by atoms with Gasteiger partial charge in [0.25, 0.3) is 0 Å². The van der Waals surface area contributed by atoms with E-state index in [0.717, 1.165) is 0 Å². The molecule has 156 valence electrons. The molecule has 0 saturated carbocycles. The number of hydrogen-bond donors (Lipinski definition) is 4. The van der Waals surface area contributed by atoms with Gasteiger partial charge in [-0.2, -0.15) is 0 Å². The first-order chi connectivity index (χ1) is 11.7. The predicted molar refractivity (Wildman–Crippen MR) is 94.3 cm³/mol. The topological polar surface area (TPSA) is 118 Å². The van der Waals surface area contributed by atoms with Crippen molar-refractivity contribution in [3.05, 3.63) is 0 Å². The van der Waals surface area contributed by atoms with Crippen LogP contribution in [0.3, 0.4) is 0 Å². The Hall–Kier alpha value is 0.394. The van der Waals surface area contributed by atoms with Crippen LogP contribution in [0.5, 0.6) is 0 Å². The van der Waals surface area contributed by atoms with E-state index in [2.05, 4.69) is 0 Å². The van der Waals surface area contributed by atoms with E-state index in [9.17, 15) is 0 Å². The smallest absolute Gasteiger partial charge is 0.0697 e. The van der Waals surface area contributed by atoms with Crippen LogP contribution in [0, 0.1) is 0 Å². The van der Waals surface area contributed by atoms with E-state index in [4.69, 9.17) is 39.4 Å². The van der Waals surface area contributed by atoms with E-state index in [1.165, 1.54) is 0 Å². The molecule has 0 aliphatic rings. The van der Waals surface area contributed by atoms with Gasteiger partial charge in [0.1, 0.15) is 0 Å². The van der Waals surface area contributed by atoms with Gasteiger partial charge in [0, 0.05) is 48.1 Å². The zero-order valence-corrected chi connectivity index (χ0v) is 18.0. The molecule has 25 heavy (non-hydrogen) atoms. The Morgan fingerprint density at radius 1 is 0.440 bits per heavy atom. The fraction of sp³-hybridized carbons (Fsp3) is 1.00. The van der Waals surface area contributed by atoms with Crippen molar-refractivity contribution in [1.29, 1.82) is 0 Å². The minimum absolute atomic E-state index is 0. The normalized spacial score (nSPS) is 8.64. The van der Waals surface area contributed by atoms with Gasteiger partial charge in [0.05, 0.1) is 52.9 Å². The summed E-state index contributed by atoms with van der Waals surface area (Å²) in [6.45, 7) is 12.8. The van der Waals surface area contributed by atoms with Gasteiger partial charge < -0.3 is 39.4 Å². The molecule has 0 aromatic carbocycles. The van der Waals surface area contributed by atoms with E-state index in [1.807, 2.05) is 27.7 Å². The number of aliphatic hydroxyl groups is 4. The second-order valence-electron chi connectivity index (χ2n) is 3.68. The summed E-state index contributed by atoms with van der Waals surface area (Å²) in [4.78, 5) is 0. The molecule has 0 rings (SSSR count). The van der Waals surface area contributed by atoms with Crippen LogP contribution in [0.4, 0.5) is 0 Å². The maximum atomic E-state index is 8.07. The van der Waals surface area contributed by atoms with E-state index >= 15 is 0 Å². The minimum Gasteiger partial charge on any atom is -0.394 e. The van der Waals surface area contributed by atoms with Crippen LogP contribution >= 0.6 is 0 Å². The molecule has 4 N–H and O–H groups in total. The third-order valence-electron chi connectivity index (χ3n) is 1.76. The molecule has 0 fully saturated rings. The monoisotopic (exact) mass is 408 g/mol. The maximum absolute atomic E-state index is 8.07. The second kappa shape index (κ2) is 49.7. The molecule has 8 nitrogen and oxygen atoms in total. The zero-order valence-electron chi connectivity index (χ0n) is 16.4. The van der Waals surface area contributed by atoms with Crippen molar-refractivity contribution in [1.82, 2.24) is 0 Å². The molecule has 0 aromatic rings. The van der Waals surface area contributed by atoms with E-state index in [0.29, 0.717) is 52.9 Å². The Bertz CT molecular complexity index is 108. The maximum Gasteiger partial charge on any atom is 0.0697 e. The summed E-state index contributed by atoms with van der Waals surface area (Å²) in [5.41, 5.74) is 0. The molecule has 0 bridgehead atoms. The standard InChI is InChI=1S/4C4H10O2.Ti/c4*1-2-6-4-3-5;/h4*5H,2-4H2,1H3;. The Morgan fingerprint density at radius 2 is 0.600 bits per heavy atom. The molecule has 0 aliphatic carbocycles. The Morgan fingerprint density at radius 3 is 0.640 bits per heavy atom. The second-order valence-corrected chi connectivity index (χ2v) is 3.68. The molecular weight excluding hydrogens is 368 g/mol. The van der Waals surface area contributed by atoms with Gasteiger partial charge in [-0.05, 0) is 27.7 Å². The average Bonchev–Trinajstić information content (AvgIpc) is 2.62. The first-order valence-corrected chi connectivity index (χ1v) is 8.40. The van der Waals surface area contributed by atoms with Gasteiger partial charge in [0.15, 0.2) is 0 Å². The van der Waals surface area contributed by atoms with E-state index < -0.39 is 0 Å². The fourth-order valence-corrected chi connectivity index (χ4v) is 0.836. The minimum atomic E-state index is 0. The first-order valence-electron chi connectivity index (χ1n) is 8.40. The molecule has 0 aromatic heterocycles. The Balaban J connectivity index is -0.0000000702. The van der Waals surface area contributed by atoms with Crippen LogP contribution in [-0.2, 0) is 40.7 Å². The van der Waals surface area contributed by atoms with Crippen molar-refractivity contribution in [3.63, 3.8) is 0 Å². The molecule has 0 unspecified atom stereocenters. The molecule has 0 spiro atoms. The molecule has 0 heterocycles. The quantitative estimate of drug-likeness (QED) is 0.265. The number of hydrogen-bond acceptors (Lipinski definition) is 8. The van der Waals surface area contributed by atoms with Crippen molar-refractivity contribution >= 4 is 0 Å². The molecule has 0 radical (unpaired) electrons. The van der Waals surface area contributed by atoms with Crippen LogP contribution in [0.25, 0.3) is 0 Å². The van der Waals surface area contributed by atoms with Gasteiger partial charge in [-0.25, -0.2) is 0 Å². The molecule has 0 atom stereocenters. The summed E-state index contributed by atoms with van der Waals surface area (Å²) in [6.07, 6.45) is 0. The number of rotatable bonds is 12. The van der Waals surface area contributed by atoms with Crippen LogP contribution in [0.2, 0.25) is 0 Å². The van der Waals surface area contributed by atoms with E-state index in [-0.39, 0.29) is 48.1 Å². The molecular formula is C16H40O8Ti. The Kier molecular flexibility index (Phi) is 72.2. The van der Waals surface area contributed by atoms with Gasteiger partial charge in [0.2, 0.25) is 0 Å². The van der Waals surface area contributed by atoms with E-state index in [1.54, 1.807) is 0 Å². The summed E-state index contributed by atoms with van der Waals surface area (Å²) >= 11 is 0. The Labute approximate surface area is 168 Å². The zero-order chi connectivity index (χ0) is 19.3. The summed E-state index contributed by atoms with van der Waals surface area (Å²) < 4.78 is 18.9. The fourth-order valence-electron chi connectivity index (χ4n) is 0.836. The predicted octanol–water partition coefficient (Wildman–Crippen LogP) is 0.0583. The van der Waals surface area contributed by atoms with Gasteiger partial charge >= 0.3 is 0 Å². The van der Waals surface area contributed by atoms with Gasteiger partial charge in [-0.3, -0.25) is 0 Å². The molecule has 0 amide bonds. The summed E-state index contributed by atoms with van der Waals surface area (Å²) in [5, 5.41) is 32.3. The van der Waals surface area contributed by atoms with Crippen LogP contribution in [0.1, 0.15) is 27.7 Å². The summed E-state index contributed by atoms with van der Waals surface area (Å²) in [7, 11) is 0. The third-order valence-corrected chi connectivity index (χ3v) is 1.76. The molecule has 0 aliphatic heterocycles. The first kappa shape index (κ1) is 36.3.